The zero-order chi connectivity index (χ0) is 18.0. The van der Waals surface area contributed by atoms with Crippen LogP contribution in [0.15, 0.2) is 45.2 Å². The highest BCUT2D eigenvalue weighted by atomic mass is 32.1. The maximum Gasteiger partial charge on any atom is 0.310 e. The number of halogens is 1. The average Bonchev–Trinajstić information content (AvgIpc) is 2.95. The van der Waals surface area contributed by atoms with Gasteiger partial charge in [0.25, 0.3) is 11.5 Å². The van der Waals surface area contributed by atoms with Gasteiger partial charge in [0.1, 0.15) is 17.7 Å². The smallest absolute Gasteiger partial charge is 0.310 e. The molecule has 1 aromatic carbocycles. The minimum atomic E-state index is -0.728. The molecule has 0 saturated carbocycles. The lowest BCUT2D eigenvalue weighted by molar-refractivity contribution is 0.487. The number of rotatable bonds is 4. The Hall–Kier alpha value is -3.14. The van der Waals surface area contributed by atoms with E-state index in [1.54, 1.807) is 12.1 Å². The van der Waals surface area contributed by atoms with Crippen molar-refractivity contribution in [2.75, 3.05) is 0 Å². The first-order valence-corrected chi connectivity index (χ1v) is 7.90. The summed E-state index contributed by atoms with van der Waals surface area (Å²) in [4.78, 5) is 32.5. The first-order chi connectivity index (χ1) is 11.9. The number of nitrogens with one attached hydrogen (secondary N) is 1. The van der Waals surface area contributed by atoms with Crippen molar-refractivity contribution < 1.29 is 9.50 Å². The van der Waals surface area contributed by atoms with Gasteiger partial charge in [-0.3, -0.25) is 14.6 Å². The molecule has 25 heavy (non-hydrogen) atoms. The molecule has 0 amide bonds. The van der Waals surface area contributed by atoms with E-state index in [4.69, 9.17) is 0 Å². The zero-order valence-corrected chi connectivity index (χ0v) is 13.7. The molecule has 0 bridgehead atoms. The van der Waals surface area contributed by atoms with Crippen molar-refractivity contribution in [1.82, 2.24) is 19.7 Å². The van der Waals surface area contributed by atoms with Crippen LogP contribution in [0, 0.1) is 5.82 Å². The molecule has 2 N–H and O–H groups in total. The number of hydrogen-bond acceptors (Lipinski definition) is 7. The summed E-state index contributed by atoms with van der Waals surface area (Å²) < 4.78 is 14.4. The van der Waals surface area contributed by atoms with E-state index in [9.17, 15) is 19.1 Å². The Morgan fingerprint density at radius 3 is 2.76 bits per heavy atom. The molecular weight excluding hydrogens is 349 g/mol. The Balaban J connectivity index is 1.85. The Morgan fingerprint density at radius 2 is 2.08 bits per heavy atom. The lowest BCUT2D eigenvalue weighted by Gasteiger charge is -2.01. The molecule has 2 aromatic heterocycles. The highest BCUT2D eigenvalue weighted by molar-refractivity contribution is 7.11. The van der Waals surface area contributed by atoms with Crippen molar-refractivity contribution in [2.45, 2.75) is 13.5 Å². The van der Waals surface area contributed by atoms with Crippen LogP contribution in [-0.2, 0) is 6.54 Å². The third-order valence-corrected chi connectivity index (χ3v) is 3.94. The van der Waals surface area contributed by atoms with Gasteiger partial charge in [-0.2, -0.15) is 4.98 Å². The van der Waals surface area contributed by atoms with E-state index in [-0.39, 0.29) is 23.0 Å². The van der Waals surface area contributed by atoms with Crippen LogP contribution < -0.4 is 10.4 Å². The second kappa shape index (κ2) is 6.77. The molecular formula is C15H12FN5O3S. The molecule has 0 unspecified atom stereocenters. The summed E-state index contributed by atoms with van der Waals surface area (Å²) in [7, 11) is 0. The normalized spacial score (nSPS) is 11.7. The molecule has 0 aliphatic carbocycles. The molecule has 0 atom stereocenters. The van der Waals surface area contributed by atoms with Crippen LogP contribution >= 0.6 is 11.3 Å². The number of H-pyrrole nitrogens is 1. The van der Waals surface area contributed by atoms with Crippen LogP contribution in [0.3, 0.4) is 0 Å². The van der Waals surface area contributed by atoms with E-state index in [1.807, 2.05) is 0 Å². The van der Waals surface area contributed by atoms with Crippen molar-refractivity contribution in [1.29, 1.82) is 0 Å². The largest absolute Gasteiger partial charge is 0.499 e. The minimum Gasteiger partial charge on any atom is -0.499 e. The van der Waals surface area contributed by atoms with Crippen molar-refractivity contribution in [3.63, 3.8) is 0 Å². The Bertz CT molecular complexity index is 1050. The maximum atomic E-state index is 12.9. The summed E-state index contributed by atoms with van der Waals surface area (Å²) in [6, 6.07) is 5.97. The van der Waals surface area contributed by atoms with Gasteiger partial charge in [0.05, 0.1) is 12.3 Å². The van der Waals surface area contributed by atoms with Gasteiger partial charge in [-0.25, -0.2) is 14.1 Å². The summed E-state index contributed by atoms with van der Waals surface area (Å²) in [5.74, 6) is -0.229. The highest BCUT2D eigenvalue weighted by Gasteiger charge is 2.13. The fourth-order valence-electron chi connectivity index (χ4n) is 2.13. The summed E-state index contributed by atoms with van der Waals surface area (Å²) in [6.07, 6.45) is 1.45. The summed E-state index contributed by atoms with van der Waals surface area (Å²) in [5, 5.41) is 13.5. The molecule has 10 heteroatoms. The van der Waals surface area contributed by atoms with Gasteiger partial charge in [0, 0.05) is 0 Å². The van der Waals surface area contributed by atoms with Crippen LogP contribution in [-0.4, -0.2) is 30.6 Å². The van der Waals surface area contributed by atoms with Crippen LogP contribution in [0.5, 0.6) is 5.06 Å². The van der Waals surface area contributed by atoms with Gasteiger partial charge in [-0.05, 0) is 36.0 Å². The molecule has 8 nitrogen and oxygen atoms in total. The SMILES string of the molecule is CC(=Nc1ncn(Cc2ccc(F)cc2)n1)c1c(O)sc(=O)[nH]c1=O. The average molecular weight is 361 g/mol. The number of aromatic amines is 1. The molecule has 0 fully saturated rings. The Labute approximate surface area is 144 Å². The first-order valence-electron chi connectivity index (χ1n) is 7.08. The topological polar surface area (TPSA) is 113 Å². The van der Waals surface area contributed by atoms with E-state index in [1.165, 1.54) is 30.1 Å². The zero-order valence-electron chi connectivity index (χ0n) is 12.9. The standard InChI is InChI=1S/C15H12FN5O3S/c1-8(11-12(22)19-15(24)25-13(11)23)18-14-17-7-21(20-14)6-9-2-4-10(16)5-3-9/h2-5,7,23H,6H2,1H3,(H,19,22,24). The van der Waals surface area contributed by atoms with Gasteiger partial charge in [-0.15, -0.1) is 5.10 Å². The Kier molecular flexibility index (Phi) is 4.52. The molecule has 2 heterocycles. The predicted octanol–water partition coefficient (Wildman–Crippen LogP) is 1.42. The fourth-order valence-corrected chi connectivity index (χ4v) is 2.79. The number of aromatic nitrogens is 4. The second-order valence-corrected chi connectivity index (χ2v) is 6.05. The lowest BCUT2D eigenvalue weighted by Crippen LogP contribution is -2.22. The number of benzene rings is 1. The van der Waals surface area contributed by atoms with Gasteiger partial charge in [0.2, 0.25) is 0 Å². The first kappa shape index (κ1) is 16.7. The summed E-state index contributed by atoms with van der Waals surface area (Å²) >= 11 is 0.507. The van der Waals surface area contributed by atoms with Gasteiger partial charge < -0.3 is 5.11 Å². The number of aliphatic imine (C=N–C) groups is 1. The molecule has 3 aromatic rings. The third kappa shape index (κ3) is 3.86. The van der Waals surface area contributed by atoms with Crippen molar-refractivity contribution in [3.8, 4) is 5.06 Å². The van der Waals surface area contributed by atoms with Crippen LogP contribution in [0.25, 0.3) is 0 Å². The van der Waals surface area contributed by atoms with Gasteiger partial charge >= 0.3 is 4.87 Å². The van der Waals surface area contributed by atoms with E-state index >= 15 is 0 Å². The highest BCUT2D eigenvalue weighted by Crippen LogP contribution is 2.17. The predicted molar refractivity (Wildman–Crippen MR) is 90.3 cm³/mol. The quantitative estimate of drug-likeness (QED) is 0.683. The van der Waals surface area contributed by atoms with Crippen LogP contribution in [0.1, 0.15) is 18.1 Å². The van der Waals surface area contributed by atoms with Crippen molar-refractivity contribution in [3.05, 3.63) is 67.6 Å². The van der Waals surface area contributed by atoms with Gasteiger partial charge in [-0.1, -0.05) is 12.1 Å². The van der Waals surface area contributed by atoms with Crippen molar-refractivity contribution >= 4 is 23.0 Å². The number of aromatic hydroxyl groups is 1. The van der Waals surface area contributed by atoms with E-state index in [0.29, 0.717) is 17.9 Å². The molecule has 0 radical (unpaired) electrons. The molecule has 3 rings (SSSR count). The molecule has 0 saturated heterocycles. The minimum absolute atomic E-state index is 0.0922. The van der Waals surface area contributed by atoms with Crippen molar-refractivity contribution in [2.24, 2.45) is 4.99 Å². The van der Waals surface area contributed by atoms with Crippen LogP contribution in [0.2, 0.25) is 0 Å². The molecule has 128 valence electrons. The molecule has 0 aliphatic rings. The van der Waals surface area contributed by atoms with E-state index in [0.717, 1.165) is 5.56 Å². The third-order valence-electron chi connectivity index (χ3n) is 3.26. The van der Waals surface area contributed by atoms with Crippen LogP contribution in [0.4, 0.5) is 10.3 Å². The summed E-state index contributed by atoms with van der Waals surface area (Å²) in [5.41, 5.74) is 0.183. The van der Waals surface area contributed by atoms with E-state index in [2.05, 4.69) is 20.1 Å². The lowest BCUT2D eigenvalue weighted by atomic mass is 10.2. The number of hydrogen-bond donors (Lipinski definition) is 2. The maximum absolute atomic E-state index is 12.9. The monoisotopic (exact) mass is 361 g/mol. The van der Waals surface area contributed by atoms with E-state index < -0.39 is 15.5 Å². The summed E-state index contributed by atoms with van der Waals surface area (Å²) in [6.45, 7) is 1.88. The number of nitrogens with zero attached hydrogens (tertiary/aromatic N) is 4. The Morgan fingerprint density at radius 1 is 1.36 bits per heavy atom. The molecule has 0 spiro atoms. The van der Waals surface area contributed by atoms with Gasteiger partial charge in [0.15, 0.2) is 5.06 Å². The molecule has 0 aliphatic heterocycles. The second-order valence-electron chi connectivity index (χ2n) is 5.09. The fraction of sp³-hybridized carbons (Fsp3) is 0.133.